The van der Waals surface area contributed by atoms with Crippen molar-refractivity contribution in [2.45, 2.75) is 52.0 Å². The third-order valence-corrected chi connectivity index (χ3v) is 5.50. The van der Waals surface area contributed by atoms with Crippen molar-refractivity contribution in [3.8, 4) is 0 Å². The molecule has 2 heterocycles. The van der Waals surface area contributed by atoms with Crippen molar-refractivity contribution in [2.24, 2.45) is 5.92 Å². The van der Waals surface area contributed by atoms with E-state index >= 15 is 0 Å². The summed E-state index contributed by atoms with van der Waals surface area (Å²) in [5, 5.41) is 1.37. The van der Waals surface area contributed by atoms with Crippen LogP contribution in [-0.4, -0.2) is 22.6 Å². The van der Waals surface area contributed by atoms with Gasteiger partial charge in [-0.2, -0.15) is 0 Å². The van der Waals surface area contributed by atoms with E-state index in [1.54, 1.807) is 16.8 Å². The first-order valence-electron chi connectivity index (χ1n) is 7.76. The number of nitrogens with zero attached hydrogens (tertiary/aromatic N) is 3. The van der Waals surface area contributed by atoms with Crippen LogP contribution in [0, 0.1) is 5.92 Å². The van der Waals surface area contributed by atoms with Crippen LogP contribution in [0.25, 0.3) is 10.2 Å². The largest absolute Gasteiger partial charge is 0.353 e. The average Bonchev–Trinajstić information content (AvgIpc) is 3.04. The summed E-state index contributed by atoms with van der Waals surface area (Å²) in [5.41, 5.74) is 1.55. The van der Waals surface area contributed by atoms with Gasteiger partial charge in [0.05, 0.1) is 5.39 Å². The van der Waals surface area contributed by atoms with Crippen LogP contribution in [-0.2, 0) is 12.8 Å². The molecule has 2 aliphatic rings. The second kappa shape index (κ2) is 4.69. The third-order valence-electron chi connectivity index (χ3n) is 4.30. The molecule has 4 heteroatoms. The topological polar surface area (TPSA) is 29.0 Å². The van der Waals surface area contributed by atoms with Gasteiger partial charge in [-0.25, -0.2) is 9.97 Å². The molecule has 0 amide bonds. The van der Waals surface area contributed by atoms with Crippen molar-refractivity contribution in [1.29, 1.82) is 0 Å². The Morgan fingerprint density at radius 1 is 1.30 bits per heavy atom. The maximum Gasteiger partial charge on any atom is 0.141 e. The predicted octanol–water partition coefficient (Wildman–Crippen LogP) is 3.80. The highest BCUT2D eigenvalue weighted by Gasteiger charge is 2.33. The molecule has 0 aromatic carbocycles. The Kier molecular flexibility index (Phi) is 2.95. The lowest BCUT2D eigenvalue weighted by Gasteiger charge is -2.26. The lowest BCUT2D eigenvalue weighted by atomic mass is 10.1. The Morgan fingerprint density at radius 3 is 2.90 bits per heavy atom. The molecule has 0 unspecified atom stereocenters. The fourth-order valence-electron chi connectivity index (χ4n) is 3.32. The molecule has 1 fully saturated rings. The van der Waals surface area contributed by atoms with E-state index in [1.165, 1.54) is 48.1 Å². The zero-order valence-corrected chi connectivity index (χ0v) is 13.0. The molecule has 3 nitrogen and oxygen atoms in total. The van der Waals surface area contributed by atoms with Gasteiger partial charge in [-0.1, -0.05) is 13.8 Å². The van der Waals surface area contributed by atoms with Gasteiger partial charge in [0.2, 0.25) is 0 Å². The van der Waals surface area contributed by atoms with Crippen molar-refractivity contribution < 1.29 is 0 Å². The minimum absolute atomic E-state index is 0.673. The second-order valence-electron chi connectivity index (χ2n) is 6.51. The molecular formula is C16H21N3S. The molecule has 2 aliphatic carbocycles. The number of thiophene rings is 1. The zero-order chi connectivity index (χ0) is 13.7. The SMILES string of the molecule is CC(C)CN(c1ncnc2sc3c(c12)CCC3)C1CC1. The minimum Gasteiger partial charge on any atom is -0.353 e. The average molecular weight is 287 g/mol. The van der Waals surface area contributed by atoms with Gasteiger partial charge in [0, 0.05) is 17.5 Å². The van der Waals surface area contributed by atoms with E-state index in [4.69, 9.17) is 4.98 Å². The van der Waals surface area contributed by atoms with Crippen LogP contribution < -0.4 is 4.90 Å². The summed E-state index contributed by atoms with van der Waals surface area (Å²) in [6, 6.07) is 0.715. The molecule has 0 radical (unpaired) electrons. The lowest BCUT2D eigenvalue weighted by Crippen LogP contribution is -2.30. The molecule has 20 heavy (non-hydrogen) atoms. The first-order chi connectivity index (χ1) is 9.74. The summed E-state index contributed by atoms with van der Waals surface area (Å²) >= 11 is 1.89. The van der Waals surface area contributed by atoms with Crippen LogP contribution in [0.3, 0.4) is 0 Å². The Bertz CT molecular complexity index is 642. The number of fused-ring (bicyclic) bond motifs is 3. The number of anilines is 1. The molecule has 0 spiro atoms. The van der Waals surface area contributed by atoms with Crippen molar-refractivity contribution in [1.82, 2.24) is 9.97 Å². The van der Waals surface area contributed by atoms with Crippen molar-refractivity contribution in [3.63, 3.8) is 0 Å². The van der Waals surface area contributed by atoms with Crippen molar-refractivity contribution >= 4 is 27.4 Å². The van der Waals surface area contributed by atoms with E-state index in [1.807, 2.05) is 11.3 Å². The summed E-state index contributed by atoms with van der Waals surface area (Å²) in [4.78, 5) is 14.5. The summed E-state index contributed by atoms with van der Waals surface area (Å²) in [7, 11) is 0. The van der Waals surface area contributed by atoms with Gasteiger partial charge >= 0.3 is 0 Å². The molecule has 0 saturated heterocycles. The number of aryl methyl sites for hydroxylation is 2. The van der Waals surface area contributed by atoms with E-state index < -0.39 is 0 Å². The highest BCUT2D eigenvalue weighted by molar-refractivity contribution is 7.19. The highest BCUT2D eigenvalue weighted by Crippen LogP contribution is 2.42. The van der Waals surface area contributed by atoms with Crippen LogP contribution >= 0.6 is 11.3 Å². The van der Waals surface area contributed by atoms with Gasteiger partial charge in [0.15, 0.2) is 0 Å². The maximum absolute atomic E-state index is 4.69. The predicted molar refractivity (Wildman–Crippen MR) is 84.6 cm³/mol. The van der Waals surface area contributed by atoms with Gasteiger partial charge < -0.3 is 4.90 Å². The van der Waals surface area contributed by atoms with E-state index in [0.29, 0.717) is 12.0 Å². The standard InChI is InChI=1S/C16H21N3S/c1-10(2)8-19(11-6-7-11)15-14-12-4-3-5-13(12)20-16(14)18-9-17-15/h9-11H,3-8H2,1-2H3. The summed E-state index contributed by atoms with van der Waals surface area (Å²) in [6.07, 6.45) is 8.17. The van der Waals surface area contributed by atoms with Gasteiger partial charge in [0.25, 0.3) is 0 Å². The summed E-state index contributed by atoms with van der Waals surface area (Å²) < 4.78 is 0. The minimum atomic E-state index is 0.673. The van der Waals surface area contributed by atoms with Gasteiger partial charge in [0.1, 0.15) is 17.0 Å². The van der Waals surface area contributed by atoms with Gasteiger partial charge in [-0.3, -0.25) is 0 Å². The summed E-state index contributed by atoms with van der Waals surface area (Å²) in [5.74, 6) is 1.89. The molecule has 0 aliphatic heterocycles. The quantitative estimate of drug-likeness (QED) is 0.856. The van der Waals surface area contributed by atoms with E-state index in [2.05, 4.69) is 23.7 Å². The van der Waals surface area contributed by atoms with Crippen LogP contribution in [0.15, 0.2) is 6.33 Å². The molecule has 0 bridgehead atoms. The first kappa shape index (κ1) is 12.6. The van der Waals surface area contributed by atoms with Crippen molar-refractivity contribution in [3.05, 3.63) is 16.8 Å². The zero-order valence-electron chi connectivity index (χ0n) is 12.2. The Morgan fingerprint density at radius 2 is 2.15 bits per heavy atom. The number of hydrogen-bond donors (Lipinski definition) is 0. The molecule has 2 aromatic rings. The second-order valence-corrected chi connectivity index (χ2v) is 7.60. The van der Waals surface area contributed by atoms with Crippen LogP contribution in [0.1, 0.15) is 43.6 Å². The molecule has 106 valence electrons. The Hall–Kier alpha value is -1.16. The molecule has 0 atom stereocenters. The fraction of sp³-hybridized carbons (Fsp3) is 0.625. The van der Waals surface area contributed by atoms with Crippen LogP contribution in [0.5, 0.6) is 0 Å². The first-order valence-corrected chi connectivity index (χ1v) is 8.57. The summed E-state index contributed by atoms with van der Waals surface area (Å²) in [6.45, 7) is 5.71. The molecule has 0 N–H and O–H groups in total. The lowest BCUT2D eigenvalue weighted by molar-refractivity contribution is 0.604. The molecular weight excluding hydrogens is 266 g/mol. The highest BCUT2D eigenvalue weighted by atomic mass is 32.1. The molecule has 4 rings (SSSR count). The number of hydrogen-bond acceptors (Lipinski definition) is 4. The number of aromatic nitrogens is 2. The van der Waals surface area contributed by atoms with E-state index in [0.717, 1.165) is 6.54 Å². The normalized spacial score (nSPS) is 17.9. The van der Waals surface area contributed by atoms with E-state index in [9.17, 15) is 0 Å². The smallest absolute Gasteiger partial charge is 0.141 e. The van der Waals surface area contributed by atoms with Gasteiger partial charge in [-0.05, 0) is 43.6 Å². The van der Waals surface area contributed by atoms with Crippen molar-refractivity contribution in [2.75, 3.05) is 11.4 Å². The Balaban J connectivity index is 1.85. The fourth-order valence-corrected chi connectivity index (χ4v) is 4.54. The van der Waals surface area contributed by atoms with E-state index in [-0.39, 0.29) is 0 Å². The third kappa shape index (κ3) is 2.01. The Labute approximate surface area is 124 Å². The molecule has 1 saturated carbocycles. The van der Waals surface area contributed by atoms with Gasteiger partial charge in [-0.15, -0.1) is 11.3 Å². The number of rotatable bonds is 4. The monoisotopic (exact) mass is 287 g/mol. The maximum atomic E-state index is 4.69. The van der Waals surface area contributed by atoms with Crippen LogP contribution in [0.2, 0.25) is 0 Å². The molecule has 2 aromatic heterocycles. The van der Waals surface area contributed by atoms with Crippen LogP contribution in [0.4, 0.5) is 5.82 Å².